The van der Waals surface area contributed by atoms with Crippen molar-refractivity contribution in [1.29, 1.82) is 0 Å². The second kappa shape index (κ2) is 4.79. The van der Waals surface area contributed by atoms with Crippen LogP contribution in [0.5, 0.6) is 0 Å². The third kappa shape index (κ3) is 2.29. The summed E-state index contributed by atoms with van der Waals surface area (Å²) in [5.41, 5.74) is 0.385. The highest BCUT2D eigenvalue weighted by Crippen LogP contribution is 2.26. The standard InChI is InChI=1S/C11H8ClF3N2/c12-5-7-6-16-17(10(7)11(14)15)9-3-1-8(13)2-4-9/h1-4,6,11H,5H2. The molecule has 1 heterocycles. The zero-order valence-electron chi connectivity index (χ0n) is 8.58. The van der Waals surface area contributed by atoms with Crippen molar-refractivity contribution < 1.29 is 13.2 Å². The van der Waals surface area contributed by atoms with E-state index in [1.54, 1.807) is 0 Å². The van der Waals surface area contributed by atoms with Crippen LogP contribution in [0.15, 0.2) is 30.5 Å². The molecule has 2 rings (SSSR count). The number of hydrogen-bond donors (Lipinski definition) is 0. The Kier molecular flexibility index (Phi) is 3.38. The highest BCUT2D eigenvalue weighted by molar-refractivity contribution is 6.17. The summed E-state index contributed by atoms with van der Waals surface area (Å²) >= 11 is 5.56. The molecule has 0 fully saturated rings. The summed E-state index contributed by atoms with van der Waals surface area (Å²) in [6, 6.07) is 5.14. The first-order chi connectivity index (χ1) is 8.13. The lowest BCUT2D eigenvalue weighted by Crippen LogP contribution is -2.04. The predicted molar refractivity (Wildman–Crippen MR) is 58.0 cm³/mol. The molecule has 1 aromatic heterocycles. The zero-order valence-corrected chi connectivity index (χ0v) is 9.33. The van der Waals surface area contributed by atoms with E-state index in [1.165, 1.54) is 30.5 Å². The number of nitrogens with zero attached hydrogens (tertiary/aromatic N) is 2. The molecule has 0 aliphatic carbocycles. The van der Waals surface area contributed by atoms with E-state index in [1.807, 2.05) is 0 Å². The van der Waals surface area contributed by atoms with Crippen LogP contribution in [-0.2, 0) is 5.88 Å². The number of benzene rings is 1. The minimum atomic E-state index is -2.68. The van der Waals surface area contributed by atoms with Crippen LogP contribution in [0.25, 0.3) is 5.69 Å². The predicted octanol–water partition coefficient (Wildman–Crippen LogP) is 3.69. The summed E-state index contributed by atoms with van der Waals surface area (Å²) < 4.78 is 39.6. The fourth-order valence-corrected chi connectivity index (χ4v) is 1.72. The van der Waals surface area contributed by atoms with Gasteiger partial charge >= 0.3 is 0 Å². The van der Waals surface area contributed by atoms with Crippen molar-refractivity contribution in [2.45, 2.75) is 12.3 Å². The Morgan fingerprint density at radius 2 is 1.88 bits per heavy atom. The van der Waals surface area contributed by atoms with Crippen LogP contribution >= 0.6 is 11.6 Å². The topological polar surface area (TPSA) is 17.8 Å². The van der Waals surface area contributed by atoms with Gasteiger partial charge in [0.15, 0.2) is 0 Å². The number of hydrogen-bond acceptors (Lipinski definition) is 1. The molecule has 0 aliphatic rings. The van der Waals surface area contributed by atoms with Crippen molar-refractivity contribution >= 4 is 11.6 Å². The van der Waals surface area contributed by atoms with E-state index in [0.29, 0.717) is 5.69 Å². The van der Waals surface area contributed by atoms with Gasteiger partial charge in [0, 0.05) is 5.56 Å². The maximum absolute atomic E-state index is 12.9. The van der Waals surface area contributed by atoms with Crippen molar-refractivity contribution in [2.75, 3.05) is 0 Å². The molecule has 6 heteroatoms. The summed E-state index contributed by atoms with van der Waals surface area (Å²) in [6.07, 6.45) is -1.39. The van der Waals surface area contributed by atoms with E-state index in [-0.39, 0.29) is 17.1 Å². The lowest BCUT2D eigenvalue weighted by molar-refractivity contribution is 0.142. The Morgan fingerprint density at radius 3 is 2.41 bits per heavy atom. The van der Waals surface area contributed by atoms with Gasteiger partial charge in [0.05, 0.1) is 17.8 Å². The Labute approximate surface area is 101 Å². The molecular weight excluding hydrogens is 253 g/mol. The van der Waals surface area contributed by atoms with Gasteiger partial charge in [-0.15, -0.1) is 11.6 Å². The van der Waals surface area contributed by atoms with Crippen molar-refractivity contribution in [3.05, 3.63) is 47.5 Å². The Hall–Kier alpha value is -1.49. The van der Waals surface area contributed by atoms with Crippen molar-refractivity contribution in [1.82, 2.24) is 9.78 Å². The van der Waals surface area contributed by atoms with E-state index in [2.05, 4.69) is 5.10 Å². The molecule has 0 aliphatic heterocycles. The molecule has 0 spiro atoms. The Balaban J connectivity index is 2.51. The van der Waals surface area contributed by atoms with E-state index in [9.17, 15) is 13.2 Å². The molecule has 0 N–H and O–H groups in total. The minimum Gasteiger partial charge on any atom is -0.232 e. The molecular formula is C11H8ClF3N2. The average Bonchev–Trinajstić information content (AvgIpc) is 2.73. The molecule has 1 aromatic carbocycles. The van der Waals surface area contributed by atoms with Crippen LogP contribution in [0.4, 0.5) is 13.2 Å². The molecule has 90 valence electrons. The van der Waals surface area contributed by atoms with E-state index < -0.39 is 12.2 Å². The molecule has 0 amide bonds. The maximum atomic E-state index is 12.9. The summed E-state index contributed by atoms with van der Waals surface area (Å²) in [6.45, 7) is 0. The SMILES string of the molecule is Fc1ccc(-n2ncc(CCl)c2C(F)F)cc1. The molecule has 0 bridgehead atoms. The first-order valence-electron chi connectivity index (χ1n) is 4.80. The Morgan fingerprint density at radius 1 is 1.24 bits per heavy atom. The molecule has 0 saturated heterocycles. The first-order valence-corrected chi connectivity index (χ1v) is 5.33. The Bertz CT molecular complexity index is 508. The number of rotatable bonds is 3. The molecule has 0 saturated carbocycles. The number of aromatic nitrogens is 2. The third-order valence-corrected chi connectivity index (χ3v) is 2.60. The average molecular weight is 261 g/mol. The van der Waals surface area contributed by atoms with Crippen LogP contribution in [-0.4, -0.2) is 9.78 Å². The smallest absolute Gasteiger partial charge is 0.232 e. The van der Waals surface area contributed by atoms with Gasteiger partial charge in [0.2, 0.25) is 0 Å². The quantitative estimate of drug-likeness (QED) is 0.770. The highest BCUT2D eigenvalue weighted by atomic mass is 35.5. The van der Waals surface area contributed by atoms with Crippen molar-refractivity contribution in [3.8, 4) is 5.69 Å². The largest absolute Gasteiger partial charge is 0.280 e. The molecule has 0 radical (unpaired) electrons. The van der Waals surface area contributed by atoms with Gasteiger partial charge < -0.3 is 0 Å². The van der Waals surface area contributed by atoms with Crippen LogP contribution in [0.1, 0.15) is 17.7 Å². The number of halogens is 4. The summed E-state index contributed by atoms with van der Waals surface area (Å²) in [4.78, 5) is 0. The van der Waals surface area contributed by atoms with Gasteiger partial charge in [-0.05, 0) is 24.3 Å². The highest BCUT2D eigenvalue weighted by Gasteiger charge is 2.20. The second-order valence-corrected chi connectivity index (χ2v) is 3.64. The van der Waals surface area contributed by atoms with Crippen LogP contribution < -0.4 is 0 Å². The first kappa shape index (κ1) is 12.0. The molecule has 2 nitrogen and oxygen atoms in total. The van der Waals surface area contributed by atoms with Gasteiger partial charge in [-0.25, -0.2) is 17.9 Å². The van der Waals surface area contributed by atoms with Gasteiger partial charge in [-0.1, -0.05) is 0 Å². The van der Waals surface area contributed by atoms with E-state index in [0.717, 1.165) is 4.68 Å². The third-order valence-electron chi connectivity index (χ3n) is 2.31. The monoisotopic (exact) mass is 260 g/mol. The molecule has 0 atom stereocenters. The van der Waals surface area contributed by atoms with Gasteiger partial charge in [-0.2, -0.15) is 5.10 Å². The van der Waals surface area contributed by atoms with Crippen LogP contribution in [0, 0.1) is 5.82 Å². The fraction of sp³-hybridized carbons (Fsp3) is 0.182. The lowest BCUT2D eigenvalue weighted by atomic mass is 10.2. The lowest BCUT2D eigenvalue weighted by Gasteiger charge is -2.07. The molecule has 17 heavy (non-hydrogen) atoms. The van der Waals surface area contributed by atoms with E-state index >= 15 is 0 Å². The zero-order chi connectivity index (χ0) is 12.4. The van der Waals surface area contributed by atoms with Gasteiger partial charge in [-0.3, -0.25) is 0 Å². The minimum absolute atomic E-state index is 0.0408. The van der Waals surface area contributed by atoms with Crippen LogP contribution in [0.2, 0.25) is 0 Å². The number of alkyl halides is 3. The van der Waals surface area contributed by atoms with Gasteiger partial charge in [0.25, 0.3) is 6.43 Å². The molecule has 0 unspecified atom stereocenters. The van der Waals surface area contributed by atoms with Gasteiger partial charge in [0.1, 0.15) is 11.5 Å². The van der Waals surface area contributed by atoms with Crippen molar-refractivity contribution in [3.63, 3.8) is 0 Å². The van der Waals surface area contributed by atoms with Crippen molar-refractivity contribution in [2.24, 2.45) is 0 Å². The second-order valence-electron chi connectivity index (χ2n) is 3.38. The summed E-state index contributed by atoms with van der Waals surface area (Å²) in [5.74, 6) is -0.474. The summed E-state index contributed by atoms with van der Waals surface area (Å²) in [7, 11) is 0. The molecule has 2 aromatic rings. The summed E-state index contributed by atoms with van der Waals surface area (Å²) in [5, 5.41) is 3.84. The maximum Gasteiger partial charge on any atom is 0.280 e. The fourth-order valence-electron chi connectivity index (χ4n) is 1.52. The van der Waals surface area contributed by atoms with E-state index in [4.69, 9.17) is 11.6 Å². The normalized spacial score (nSPS) is 11.1. The van der Waals surface area contributed by atoms with Crippen LogP contribution in [0.3, 0.4) is 0 Å².